The van der Waals surface area contributed by atoms with Crippen LogP contribution in [-0.2, 0) is 18.4 Å². The lowest BCUT2D eigenvalue weighted by Gasteiger charge is -2.22. The highest BCUT2D eigenvalue weighted by molar-refractivity contribution is 5.93. The van der Waals surface area contributed by atoms with Crippen molar-refractivity contribution in [3.8, 4) is 0 Å². The van der Waals surface area contributed by atoms with Gasteiger partial charge < -0.3 is 10.0 Å². The minimum absolute atomic E-state index is 0.0472. The fourth-order valence-corrected chi connectivity index (χ4v) is 2.19. The summed E-state index contributed by atoms with van der Waals surface area (Å²) in [6.45, 7) is 0.850. The van der Waals surface area contributed by atoms with Crippen LogP contribution >= 0.6 is 0 Å². The van der Waals surface area contributed by atoms with Crippen LogP contribution in [0.15, 0.2) is 42.7 Å². The highest BCUT2D eigenvalue weighted by Crippen LogP contribution is 2.11. The number of carbonyl (C=O) groups excluding carboxylic acids is 1. The van der Waals surface area contributed by atoms with Gasteiger partial charge in [0.2, 0.25) is 0 Å². The third kappa shape index (κ3) is 4.44. The predicted octanol–water partition coefficient (Wildman–Crippen LogP) is 1.93. The first-order chi connectivity index (χ1) is 10.6. The summed E-state index contributed by atoms with van der Waals surface area (Å²) >= 11 is 0. The molecule has 1 amide bonds. The van der Waals surface area contributed by atoms with Crippen molar-refractivity contribution in [1.29, 1.82) is 0 Å². The Balaban J connectivity index is 2.09. The number of rotatable bonds is 7. The molecule has 0 atom stereocenters. The molecule has 6 nitrogen and oxygen atoms in total. The van der Waals surface area contributed by atoms with Gasteiger partial charge in [-0.15, -0.1) is 0 Å². The second-order valence-electron chi connectivity index (χ2n) is 5.11. The van der Waals surface area contributed by atoms with Crippen molar-refractivity contribution >= 4 is 11.9 Å². The monoisotopic (exact) mass is 301 g/mol. The van der Waals surface area contributed by atoms with E-state index in [9.17, 15) is 9.59 Å². The van der Waals surface area contributed by atoms with Crippen LogP contribution in [0.1, 0.15) is 28.8 Å². The van der Waals surface area contributed by atoms with Crippen molar-refractivity contribution in [1.82, 2.24) is 14.7 Å². The van der Waals surface area contributed by atoms with E-state index in [0.717, 1.165) is 5.56 Å². The molecule has 1 heterocycles. The van der Waals surface area contributed by atoms with Crippen LogP contribution in [0, 0.1) is 0 Å². The molecule has 0 saturated carbocycles. The van der Waals surface area contributed by atoms with Crippen molar-refractivity contribution in [3.05, 3.63) is 53.9 Å². The van der Waals surface area contributed by atoms with E-state index >= 15 is 0 Å². The molecule has 1 aromatic carbocycles. The third-order valence-corrected chi connectivity index (χ3v) is 3.27. The smallest absolute Gasteiger partial charge is 0.303 e. The van der Waals surface area contributed by atoms with Crippen LogP contribution < -0.4 is 0 Å². The van der Waals surface area contributed by atoms with E-state index in [2.05, 4.69) is 5.10 Å². The number of aromatic nitrogens is 2. The number of aryl methyl sites for hydroxylation is 1. The lowest BCUT2D eigenvalue weighted by atomic mass is 10.2. The average Bonchev–Trinajstić information content (AvgIpc) is 2.93. The Morgan fingerprint density at radius 1 is 1.27 bits per heavy atom. The normalized spacial score (nSPS) is 10.4. The molecule has 6 heteroatoms. The summed E-state index contributed by atoms with van der Waals surface area (Å²) in [5.74, 6) is -0.990. The van der Waals surface area contributed by atoms with Crippen LogP contribution in [0.5, 0.6) is 0 Å². The molecule has 22 heavy (non-hydrogen) atoms. The van der Waals surface area contributed by atoms with Crippen molar-refractivity contribution in [2.24, 2.45) is 7.05 Å². The lowest BCUT2D eigenvalue weighted by Crippen LogP contribution is -2.31. The molecule has 1 N–H and O–H groups in total. The zero-order chi connectivity index (χ0) is 15.9. The fraction of sp³-hybridized carbons (Fsp3) is 0.312. The van der Waals surface area contributed by atoms with Crippen molar-refractivity contribution in [2.45, 2.75) is 19.4 Å². The van der Waals surface area contributed by atoms with Gasteiger partial charge in [-0.25, -0.2) is 0 Å². The number of benzene rings is 1. The Bertz CT molecular complexity index is 637. The van der Waals surface area contributed by atoms with E-state index in [1.807, 2.05) is 30.3 Å². The Morgan fingerprint density at radius 2 is 2.00 bits per heavy atom. The Labute approximate surface area is 129 Å². The number of carbonyl (C=O) groups is 2. The molecule has 0 fully saturated rings. The maximum Gasteiger partial charge on any atom is 0.303 e. The number of hydrogen-bond acceptors (Lipinski definition) is 3. The number of nitrogens with zero attached hydrogens (tertiary/aromatic N) is 3. The Hall–Kier alpha value is -2.63. The van der Waals surface area contributed by atoms with Crippen LogP contribution in [0.25, 0.3) is 0 Å². The van der Waals surface area contributed by atoms with Gasteiger partial charge in [-0.2, -0.15) is 5.10 Å². The van der Waals surface area contributed by atoms with E-state index in [1.165, 1.54) is 6.20 Å². The quantitative estimate of drug-likeness (QED) is 0.848. The molecule has 0 spiro atoms. The lowest BCUT2D eigenvalue weighted by molar-refractivity contribution is -0.137. The summed E-state index contributed by atoms with van der Waals surface area (Å²) in [4.78, 5) is 24.9. The van der Waals surface area contributed by atoms with E-state index in [1.54, 1.807) is 22.8 Å². The van der Waals surface area contributed by atoms with E-state index in [0.29, 0.717) is 25.1 Å². The standard InChI is InChI=1S/C16H19N3O3/c1-18-12-14(10-17-18)16(22)19(9-5-8-15(20)21)11-13-6-3-2-4-7-13/h2-4,6-7,10,12H,5,8-9,11H2,1H3,(H,20,21). The molecule has 2 aromatic rings. The van der Waals surface area contributed by atoms with Crippen LogP contribution in [-0.4, -0.2) is 38.2 Å². The van der Waals surface area contributed by atoms with Gasteiger partial charge in [0, 0.05) is 32.8 Å². The number of carboxylic acids is 1. The van der Waals surface area contributed by atoms with E-state index in [4.69, 9.17) is 5.11 Å². The summed E-state index contributed by atoms with van der Waals surface area (Å²) in [5, 5.41) is 12.8. The van der Waals surface area contributed by atoms with Crippen LogP contribution in [0.3, 0.4) is 0 Å². The summed E-state index contributed by atoms with van der Waals surface area (Å²) in [6, 6.07) is 9.64. The largest absolute Gasteiger partial charge is 0.481 e. The SMILES string of the molecule is Cn1cc(C(=O)N(CCCC(=O)O)Cc2ccccc2)cn1. The maximum absolute atomic E-state index is 12.6. The molecule has 0 saturated heterocycles. The molecule has 0 radical (unpaired) electrons. The first-order valence-electron chi connectivity index (χ1n) is 7.10. The van der Waals surface area contributed by atoms with E-state index in [-0.39, 0.29) is 12.3 Å². The van der Waals surface area contributed by atoms with Gasteiger partial charge in [-0.3, -0.25) is 14.3 Å². The molecular weight excluding hydrogens is 282 g/mol. The summed E-state index contributed by atoms with van der Waals surface area (Å²) < 4.78 is 1.57. The number of carboxylic acid groups (broad SMARTS) is 1. The topological polar surface area (TPSA) is 75.4 Å². The predicted molar refractivity (Wildman–Crippen MR) is 81.3 cm³/mol. The first kappa shape index (κ1) is 15.8. The highest BCUT2D eigenvalue weighted by Gasteiger charge is 2.17. The van der Waals surface area contributed by atoms with Gasteiger partial charge in [0.25, 0.3) is 5.91 Å². The van der Waals surface area contributed by atoms with Gasteiger partial charge in [0.05, 0.1) is 11.8 Å². The first-order valence-corrected chi connectivity index (χ1v) is 7.10. The van der Waals surface area contributed by atoms with Gasteiger partial charge in [-0.1, -0.05) is 30.3 Å². The second kappa shape index (κ2) is 7.40. The fourth-order valence-electron chi connectivity index (χ4n) is 2.19. The van der Waals surface area contributed by atoms with Crippen molar-refractivity contribution in [2.75, 3.05) is 6.54 Å². The van der Waals surface area contributed by atoms with Gasteiger partial charge in [-0.05, 0) is 12.0 Å². The van der Waals surface area contributed by atoms with Gasteiger partial charge in [0.15, 0.2) is 0 Å². The minimum Gasteiger partial charge on any atom is -0.481 e. The average molecular weight is 301 g/mol. The summed E-state index contributed by atoms with van der Waals surface area (Å²) in [7, 11) is 1.75. The summed E-state index contributed by atoms with van der Waals surface area (Å²) in [6.07, 6.45) is 3.66. The van der Waals surface area contributed by atoms with Crippen LogP contribution in [0.4, 0.5) is 0 Å². The number of hydrogen-bond donors (Lipinski definition) is 1. The number of amides is 1. The van der Waals surface area contributed by atoms with E-state index < -0.39 is 5.97 Å². The highest BCUT2D eigenvalue weighted by atomic mass is 16.4. The molecule has 1 aromatic heterocycles. The van der Waals surface area contributed by atoms with Crippen molar-refractivity contribution in [3.63, 3.8) is 0 Å². The Kier molecular flexibility index (Phi) is 5.30. The molecule has 0 aliphatic heterocycles. The minimum atomic E-state index is -0.853. The third-order valence-electron chi connectivity index (χ3n) is 3.27. The molecule has 116 valence electrons. The maximum atomic E-state index is 12.6. The van der Waals surface area contributed by atoms with Gasteiger partial charge in [0.1, 0.15) is 0 Å². The molecular formula is C16H19N3O3. The molecule has 0 unspecified atom stereocenters. The molecule has 2 rings (SSSR count). The zero-order valence-corrected chi connectivity index (χ0v) is 12.5. The van der Waals surface area contributed by atoms with Gasteiger partial charge >= 0.3 is 5.97 Å². The number of aliphatic carboxylic acids is 1. The second-order valence-corrected chi connectivity index (χ2v) is 5.11. The molecule has 0 bridgehead atoms. The molecule has 0 aliphatic rings. The summed E-state index contributed by atoms with van der Waals surface area (Å²) in [5.41, 5.74) is 1.52. The van der Waals surface area contributed by atoms with Crippen LogP contribution in [0.2, 0.25) is 0 Å². The zero-order valence-electron chi connectivity index (χ0n) is 12.5. The Morgan fingerprint density at radius 3 is 2.59 bits per heavy atom. The molecule has 0 aliphatic carbocycles. The van der Waals surface area contributed by atoms with Crippen molar-refractivity contribution < 1.29 is 14.7 Å².